The highest BCUT2D eigenvalue weighted by Gasteiger charge is 2.02. The lowest BCUT2D eigenvalue weighted by molar-refractivity contribution is 0.609. The number of rotatable bonds is 5. The van der Waals surface area contributed by atoms with Crippen molar-refractivity contribution in [1.82, 2.24) is 0 Å². The Bertz CT molecular complexity index is 469. The zero-order valence-corrected chi connectivity index (χ0v) is 11.5. The van der Waals surface area contributed by atoms with Crippen LogP contribution in [0.1, 0.15) is 25.0 Å². The standard InChI is InChI=1S/C14H20O2S/c1-4-13-5-7-14(8-6-13)11-12(2)9-10-17(3,15)16/h5-10,12H,4,11H2,1-3H3/b10-9+/t12-/m1/s1. The smallest absolute Gasteiger partial charge is 0.168 e. The average Bonchev–Trinajstić information content (AvgIpc) is 2.27. The molecule has 0 aromatic heterocycles. The zero-order chi connectivity index (χ0) is 12.9. The summed E-state index contributed by atoms with van der Waals surface area (Å²) in [6, 6.07) is 8.48. The molecule has 17 heavy (non-hydrogen) atoms. The summed E-state index contributed by atoms with van der Waals surface area (Å²) in [5.41, 5.74) is 2.57. The van der Waals surface area contributed by atoms with Crippen LogP contribution < -0.4 is 0 Å². The summed E-state index contributed by atoms with van der Waals surface area (Å²) >= 11 is 0. The van der Waals surface area contributed by atoms with Crippen molar-refractivity contribution in [1.29, 1.82) is 0 Å². The van der Waals surface area contributed by atoms with E-state index < -0.39 is 9.84 Å². The fourth-order valence-corrected chi connectivity index (χ4v) is 2.18. The van der Waals surface area contributed by atoms with Gasteiger partial charge in [0.15, 0.2) is 9.84 Å². The number of hydrogen-bond acceptors (Lipinski definition) is 2. The van der Waals surface area contributed by atoms with E-state index in [1.54, 1.807) is 6.08 Å². The summed E-state index contributed by atoms with van der Waals surface area (Å²) < 4.78 is 22.0. The van der Waals surface area contributed by atoms with Crippen molar-refractivity contribution in [2.45, 2.75) is 26.7 Å². The maximum absolute atomic E-state index is 11.0. The molecule has 1 atom stereocenters. The van der Waals surface area contributed by atoms with Crippen LogP contribution >= 0.6 is 0 Å². The molecule has 2 nitrogen and oxygen atoms in total. The van der Waals surface area contributed by atoms with E-state index in [1.165, 1.54) is 22.8 Å². The third-order valence-electron chi connectivity index (χ3n) is 2.64. The van der Waals surface area contributed by atoms with Crippen LogP contribution in [0.4, 0.5) is 0 Å². The van der Waals surface area contributed by atoms with E-state index in [2.05, 4.69) is 31.2 Å². The molecule has 0 unspecified atom stereocenters. The fraction of sp³-hybridized carbons (Fsp3) is 0.429. The summed E-state index contributed by atoms with van der Waals surface area (Å²) in [5, 5.41) is 1.29. The van der Waals surface area contributed by atoms with E-state index in [0.717, 1.165) is 12.8 Å². The third-order valence-corrected chi connectivity index (χ3v) is 3.29. The Labute approximate surface area is 104 Å². The van der Waals surface area contributed by atoms with Gasteiger partial charge >= 0.3 is 0 Å². The second-order valence-electron chi connectivity index (χ2n) is 4.51. The Hall–Kier alpha value is -1.09. The lowest BCUT2D eigenvalue weighted by atomic mass is 10.00. The van der Waals surface area contributed by atoms with Gasteiger partial charge < -0.3 is 0 Å². The highest BCUT2D eigenvalue weighted by atomic mass is 32.2. The molecule has 0 saturated carbocycles. The van der Waals surface area contributed by atoms with Gasteiger partial charge in [0, 0.05) is 11.7 Å². The second kappa shape index (κ2) is 6.01. The number of allylic oxidation sites excluding steroid dienone is 1. The number of hydrogen-bond donors (Lipinski definition) is 0. The van der Waals surface area contributed by atoms with Gasteiger partial charge in [-0.2, -0.15) is 0 Å². The second-order valence-corrected chi connectivity index (χ2v) is 6.44. The molecule has 94 valence electrons. The van der Waals surface area contributed by atoms with Gasteiger partial charge in [0.25, 0.3) is 0 Å². The van der Waals surface area contributed by atoms with E-state index in [1.807, 2.05) is 6.92 Å². The van der Waals surface area contributed by atoms with Crippen LogP contribution in [0.15, 0.2) is 35.7 Å². The molecular formula is C14H20O2S. The Kier molecular flexibility index (Phi) is 4.94. The van der Waals surface area contributed by atoms with Crippen LogP contribution in [-0.2, 0) is 22.7 Å². The monoisotopic (exact) mass is 252 g/mol. The maximum Gasteiger partial charge on any atom is 0.168 e. The molecule has 0 radical (unpaired) electrons. The highest BCUT2D eigenvalue weighted by Crippen LogP contribution is 2.12. The average molecular weight is 252 g/mol. The summed E-state index contributed by atoms with van der Waals surface area (Å²) in [7, 11) is -3.00. The van der Waals surface area contributed by atoms with Gasteiger partial charge in [0.2, 0.25) is 0 Å². The number of benzene rings is 1. The van der Waals surface area contributed by atoms with Crippen LogP contribution in [0, 0.1) is 5.92 Å². The number of aryl methyl sites for hydroxylation is 1. The molecule has 0 fully saturated rings. The molecular weight excluding hydrogens is 232 g/mol. The Balaban J connectivity index is 2.62. The van der Waals surface area contributed by atoms with E-state index >= 15 is 0 Å². The van der Waals surface area contributed by atoms with Crippen LogP contribution in [0.2, 0.25) is 0 Å². The van der Waals surface area contributed by atoms with Crippen molar-refractivity contribution in [2.75, 3.05) is 6.26 Å². The van der Waals surface area contributed by atoms with Crippen LogP contribution in [0.3, 0.4) is 0 Å². The molecule has 0 aliphatic heterocycles. The highest BCUT2D eigenvalue weighted by molar-refractivity contribution is 7.93. The molecule has 0 bridgehead atoms. The van der Waals surface area contributed by atoms with Gasteiger partial charge in [0.1, 0.15) is 0 Å². The van der Waals surface area contributed by atoms with Gasteiger partial charge in [-0.25, -0.2) is 8.42 Å². The molecule has 0 saturated heterocycles. The van der Waals surface area contributed by atoms with E-state index in [-0.39, 0.29) is 5.92 Å². The molecule has 0 amide bonds. The molecule has 1 aromatic carbocycles. The normalized spacial score (nSPS) is 14.1. The topological polar surface area (TPSA) is 34.1 Å². The van der Waals surface area contributed by atoms with Gasteiger partial charge in [-0.15, -0.1) is 0 Å². The third kappa shape index (κ3) is 5.68. The Morgan fingerprint density at radius 1 is 1.18 bits per heavy atom. The minimum absolute atomic E-state index is 0.234. The summed E-state index contributed by atoms with van der Waals surface area (Å²) in [6.45, 7) is 4.15. The molecule has 3 heteroatoms. The molecule has 1 aromatic rings. The summed E-state index contributed by atoms with van der Waals surface area (Å²) in [4.78, 5) is 0. The largest absolute Gasteiger partial charge is 0.225 e. The molecule has 0 aliphatic carbocycles. The van der Waals surface area contributed by atoms with Gasteiger partial charge in [-0.1, -0.05) is 44.2 Å². The van der Waals surface area contributed by atoms with Gasteiger partial charge in [-0.3, -0.25) is 0 Å². The van der Waals surface area contributed by atoms with Crippen molar-refractivity contribution in [2.24, 2.45) is 5.92 Å². The van der Waals surface area contributed by atoms with E-state index in [0.29, 0.717) is 0 Å². The van der Waals surface area contributed by atoms with Crippen molar-refractivity contribution >= 4 is 9.84 Å². The maximum atomic E-state index is 11.0. The first-order valence-corrected chi connectivity index (χ1v) is 7.82. The SMILES string of the molecule is CCc1ccc(C[C@H](C)/C=C/S(C)(=O)=O)cc1. The predicted octanol–water partition coefficient (Wildman–Crippen LogP) is 2.99. The summed E-state index contributed by atoms with van der Waals surface area (Å²) in [5.74, 6) is 0.234. The molecule has 0 spiro atoms. The Morgan fingerprint density at radius 3 is 2.18 bits per heavy atom. The van der Waals surface area contributed by atoms with Gasteiger partial charge in [-0.05, 0) is 29.9 Å². The predicted molar refractivity (Wildman–Crippen MR) is 72.7 cm³/mol. The van der Waals surface area contributed by atoms with Crippen molar-refractivity contribution in [3.63, 3.8) is 0 Å². The fourth-order valence-electron chi connectivity index (χ4n) is 1.63. The molecule has 0 aliphatic rings. The zero-order valence-electron chi connectivity index (χ0n) is 10.7. The number of sulfone groups is 1. The molecule has 0 heterocycles. The molecule has 1 rings (SSSR count). The molecule has 0 N–H and O–H groups in total. The quantitative estimate of drug-likeness (QED) is 0.807. The van der Waals surface area contributed by atoms with Crippen molar-refractivity contribution in [3.05, 3.63) is 46.9 Å². The minimum Gasteiger partial charge on any atom is -0.225 e. The van der Waals surface area contributed by atoms with Crippen LogP contribution in [0.25, 0.3) is 0 Å². The van der Waals surface area contributed by atoms with Crippen LogP contribution in [-0.4, -0.2) is 14.7 Å². The van der Waals surface area contributed by atoms with Crippen molar-refractivity contribution in [3.8, 4) is 0 Å². The van der Waals surface area contributed by atoms with E-state index in [9.17, 15) is 8.42 Å². The lowest BCUT2D eigenvalue weighted by Gasteiger charge is -2.07. The minimum atomic E-state index is -3.00. The lowest BCUT2D eigenvalue weighted by Crippen LogP contribution is -1.98. The van der Waals surface area contributed by atoms with Crippen molar-refractivity contribution < 1.29 is 8.42 Å². The van der Waals surface area contributed by atoms with Gasteiger partial charge in [0.05, 0.1) is 0 Å². The van der Waals surface area contributed by atoms with Crippen LogP contribution in [0.5, 0.6) is 0 Å². The first kappa shape index (κ1) is 14.0. The summed E-state index contributed by atoms with van der Waals surface area (Å²) in [6.07, 6.45) is 4.88. The van der Waals surface area contributed by atoms with E-state index in [4.69, 9.17) is 0 Å². The first-order valence-electron chi connectivity index (χ1n) is 5.87. The Morgan fingerprint density at radius 2 is 1.71 bits per heavy atom. The first-order chi connectivity index (χ1) is 7.90.